The number of hydrogen-bond acceptors (Lipinski definition) is 6. The Labute approximate surface area is 338 Å². The van der Waals surface area contributed by atoms with E-state index in [0.29, 0.717) is 24.0 Å². The second-order valence-corrected chi connectivity index (χ2v) is 21.3. The first-order valence-electron chi connectivity index (χ1n) is 20.0. The molecule has 3 aliphatic heterocycles. The summed E-state index contributed by atoms with van der Waals surface area (Å²) in [5.74, 6) is 0.225. The molecule has 1 fully saturated rings. The van der Waals surface area contributed by atoms with Crippen LogP contribution >= 0.6 is 0 Å². The zero-order valence-corrected chi connectivity index (χ0v) is 34.2. The number of H-pyrrole nitrogens is 1. The van der Waals surface area contributed by atoms with Crippen LogP contribution in [0.1, 0.15) is 35.6 Å². The van der Waals surface area contributed by atoms with E-state index in [0.717, 1.165) is 39.2 Å². The van der Waals surface area contributed by atoms with Gasteiger partial charge in [0.05, 0.1) is 69.2 Å². The molecule has 4 heterocycles. The Hall–Kier alpha value is -5.75. The number of fused-ring (bicyclic) bond motifs is 4. The number of anilines is 1. The molecule has 9 rings (SSSR count). The molecular weight excluding hydrogens is 745 g/mol. The van der Waals surface area contributed by atoms with Crippen molar-refractivity contribution < 1.29 is 24.2 Å². The maximum atomic E-state index is 15.4. The van der Waals surface area contributed by atoms with Crippen molar-refractivity contribution in [3.05, 3.63) is 154 Å². The number of rotatable bonds is 9. The Morgan fingerprint density at radius 1 is 0.914 bits per heavy atom. The summed E-state index contributed by atoms with van der Waals surface area (Å²) < 4.78 is 14.3. The van der Waals surface area contributed by atoms with E-state index >= 15 is 4.79 Å². The van der Waals surface area contributed by atoms with Crippen molar-refractivity contribution in [3.63, 3.8) is 0 Å². The molecule has 10 nitrogen and oxygen atoms in total. The van der Waals surface area contributed by atoms with E-state index in [1.165, 1.54) is 9.87 Å². The first-order valence-corrected chi connectivity index (χ1v) is 23.1. The van der Waals surface area contributed by atoms with Crippen LogP contribution in [-0.4, -0.2) is 65.5 Å². The zero-order valence-electron chi connectivity index (χ0n) is 33.2. The third kappa shape index (κ3) is 6.02. The lowest BCUT2D eigenvalue weighted by Gasteiger charge is -2.39. The average molecular weight is 793 g/mol. The number of para-hydroxylation sites is 2. The van der Waals surface area contributed by atoms with Crippen LogP contribution in [0.4, 0.5) is 5.69 Å². The summed E-state index contributed by atoms with van der Waals surface area (Å²) in [5, 5.41) is 15.5. The monoisotopic (exact) mass is 792 g/mol. The van der Waals surface area contributed by atoms with Gasteiger partial charge in [-0.2, -0.15) is 0 Å². The van der Waals surface area contributed by atoms with Crippen LogP contribution in [0.2, 0.25) is 18.6 Å². The molecule has 5 atom stereocenters. The van der Waals surface area contributed by atoms with Gasteiger partial charge in [0.15, 0.2) is 5.60 Å². The second-order valence-electron chi connectivity index (χ2n) is 16.6. The van der Waals surface area contributed by atoms with Crippen LogP contribution < -0.4 is 20.4 Å². The molecular formula is C47H48N4O6Si. The predicted molar refractivity (Wildman–Crippen MR) is 227 cm³/mol. The van der Waals surface area contributed by atoms with Gasteiger partial charge in [-0.05, 0) is 71.1 Å². The maximum absolute atomic E-state index is 15.4. The number of amides is 2. The molecule has 0 unspecified atom stereocenters. The predicted octanol–water partition coefficient (Wildman–Crippen LogP) is 6.43. The quantitative estimate of drug-likeness (QED) is 0.163. The average Bonchev–Trinajstić information content (AvgIpc) is 3.83. The minimum atomic E-state index is -2.52. The Morgan fingerprint density at radius 3 is 2.40 bits per heavy atom. The number of aliphatic hydroxyl groups excluding tert-OH is 1. The molecule has 58 heavy (non-hydrogen) atoms. The molecule has 3 aliphatic rings. The summed E-state index contributed by atoms with van der Waals surface area (Å²) in [6.45, 7) is 7.28. The van der Waals surface area contributed by atoms with E-state index in [9.17, 15) is 14.7 Å². The van der Waals surface area contributed by atoms with Crippen LogP contribution in [0.3, 0.4) is 0 Å². The number of carbonyl (C=O) groups is 2. The van der Waals surface area contributed by atoms with Crippen molar-refractivity contribution in [2.24, 2.45) is 5.92 Å². The Kier molecular flexibility index (Phi) is 9.49. The number of carbonyl (C=O) groups excluding carboxylic acids is 2. The van der Waals surface area contributed by atoms with Gasteiger partial charge < -0.3 is 24.4 Å². The highest BCUT2D eigenvalue weighted by molar-refractivity contribution is 6.91. The Bertz CT molecular complexity index is 2600. The molecule has 2 N–H and O–H groups in total. The van der Waals surface area contributed by atoms with Gasteiger partial charge >= 0.3 is 0 Å². The molecule has 6 aromatic rings. The number of nitrogens with zero attached hydrogens (tertiary/aromatic N) is 3. The standard InChI is InChI=1S/C47H48N4O6Si/c1-30-44(58(3,4)37-22-20-36(56-2)21-23-37)42(26-43(53)49-28-33-14-6-5-13-32(33)25-35(49)29-52)57-47(30)39-17-8-10-19-41(39)50(46(47)55)27-31-12-11-15-34(24-31)51-45(54)38-16-7-9-18-40(38)48-51/h5-24,30,35,42,44,48,52H,25-29H2,1-4H3/t30-,35-,42+,44-,47+/m0/s1. The summed E-state index contributed by atoms with van der Waals surface area (Å²) in [6, 6.07) is 38.9. The van der Waals surface area contributed by atoms with E-state index in [-0.39, 0.29) is 54.4 Å². The fraction of sp³-hybridized carbons (Fsp3) is 0.298. The van der Waals surface area contributed by atoms with Gasteiger partial charge in [0.25, 0.3) is 11.5 Å². The molecule has 5 aromatic carbocycles. The number of ether oxygens (including phenoxy) is 2. The number of aromatic nitrogens is 2. The van der Waals surface area contributed by atoms with Gasteiger partial charge in [-0.3, -0.25) is 19.5 Å². The molecule has 0 bridgehead atoms. The first-order chi connectivity index (χ1) is 28.0. The number of aromatic amines is 1. The van der Waals surface area contributed by atoms with E-state index in [1.807, 2.05) is 107 Å². The molecule has 2 amide bonds. The van der Waals surface area contributed by atoms with E-state index < -0.39 is 19.8 Å². The number of hydrogen-bond donors (Lipinski definition) is 2. The third-order valence-electron chi connectivity index (χ3n) is 13.1. The fourth-order valence-corrected chi connectivity index (χ4v) is 14.2. The van der Waals surface area contributed by atoms with Crippen LogP contribution in [0, 0.1) is 5.92 Å². The third-order valence-corrected chi connectivity index (χ3v) is 17.5. The van der Waals surface area contributed by atoms with Crippen LogP contribution in [0.5, 0.6) is 5.75 Å². The lowest BCUT2D eigenvalue weighted by molar-refractivity contribution is -0.151. The topological polar surface area (TPSA) is 117 Å². The number of nitrogens with one attached hydrogen (secondary N) is 1. The minimum Gasteiger partial charge on any atom is -0.497 e. The summed E-state index contributed by atoms with van der Waals surface area (Å²) >= 11 is 0. The largest absolute Gasteiger partial charge is 0.497 e. The van der Waals surface area contributed by atoms with E-state index in [2.05, 4.69) is 43.3 Å². The van der Waals surface area contributed by atoms with Crippen LogP contribution in [0.15, 0.2) is 126 Å². The van der Waals surface area contributed by atoms with Crippen LogP contribution in [0.25, 0.3) is 16.6 Å². The number of aliphatic hydroxyl groups is 1. The molecule has 296 valence electrons. The lowest BCUT2D eigenvalue weighted by Crippen LogP contribution is -2.52. The van der Waals surface area contributed by atoms with Gasteiger partial charge in [0.2, 0.25) is 5.91 Å². The summed E-state index contributed by atoms with van der Waals surface area (Å²) in [6.07, 6.45) is 0.0899. The van der Waals surface area contributed by atoms with Crippen molar-refractivity contribution in [1.29, 1.82) is 0 Å². The lowest BCUT2D eigenvalue weighted by atomic mass is 9.82. The van der Waals surface area contributed by atoms with Gasteiger partial charge in [-0.15, -0.1) is 0 Å². The molecule has 1 spiro atoms. The molecule has 11 heteroatoms. The second kappa shape index (κ2) is 14.6. The van der Waals surface area contributed by atoms with Gasteiger partial charge in [-0.1, -0.05) is 104 Å². The molecule has 1 aromatic heterocycles. The SMILES string of the molecule is COc1ccc([Si](C)(C)[C@@H]2[C@@H](CC(=O)N3Cc4ccccc4C[C@H]3CO)O[C@]3(C(=O)N(Cc4cccc(-n5[nH]c6ccccc6c5=O)c4)c4ccccc43)[C@H]2C)cc1. The Balaban J connectivity index is 1.09. The highest BCUT2D eigenvalue weighted by Crippen LogP contribution is 2.60. The summed E-state index contributed by atoms with van der Waals surface area (Å²) in [4.78, 5) is 47.0. The van der Waals surface area contributed by atoms with E-state index in [1.54, 1.807) is 13.2 Å². The molecule has 0 aliphatic carbocycles. The molecule has 0 radical (unpaired) electrons. The number of benzene rings is 5. The van der Waals surface area contributed by atoms with Gasteiger partial charge in [0, 0.05) is 18.0 Å². The maximum Gasteiger partial charge on any atom is 0.279 e. The minimum absolute atomic E-state index is 0.0821. The zero-order chi connectivity index (χ0) is 40.3. The first kappa shape index (κ1) is 37.8. The highest BCUT2D eigenvalue weighted by atomic mass is 28.3. The normalized spacial score (nSPS) is 22.7. The van der Waals surface area contributed by atoms with Crippen molar-refractivity contribution in [1.82, 2.24) is 14.7 Å². The van der Waals surface area contributed by atoms with Gasteiger partial charge in [0.1, 0.15) is 5.75 Å². The van der Waals surface area contributed by atoms with Gasteiger partial charge in [-0.25, -0.2) is 4.68 Å². The van der Waals surface area contributed by atoms with Crippen molar-refractivity contribution in [2.45, 2.75) is 69.2 Å². The molecule has 1 saturated heterocycles. The van der Waals surface area contributed by atoms with Crippen molar-refractivity contribution in [2.75, 3.05) is 18.6 Å². The van der Waals surface area contributed by atoms with Crippen molar-refractivity contribution >= 4 is 41.7 Å². The highest BCUT2D eigenvalue weighted by Gasteiger charge is 2.66. The smallest absolute Gasteiger partial charge is 0.279 e. The number of methoxy groups -OCH3 is 1. The molecule has 0 saturated carbocycles. The van der Waals surface area contributed by atoms with Crippen molar-refractivity contribution in [3.8, 4) is 11.4 Å². The summed E-state index contributed by atoms with van der Waals surface area (Å²) in [7, 11) is -0.866. The Morgan fingerprint density at radius 2 is 1.64 bits per heavy atom. The van der Waals surface area contributed by atoms with Crippen LogP contribution in [-0.2, 0) is 39.4 Å². The fourth-order valence-electron chi connectivity index (χ4n) is 10.2. The van der Waals surface area contributed by atoms with E-state index in [4.69, 9.17) is 9.47 Å². The summed E-state index contributed by atoms with van der Waals surface area (Å²) in [5.41, 5.74) is 4.46.